The monoisotopic (exact) mass is 350 g/mol. The first-order valence-electron chi connectivity index (χ1n) is 7.09. The fourth-order valence-electron chi connectivity index (χ4n) is 2.28. The van der Waals surface area contributed by atoms with Gasteiger partial charge in [-0.25, -0.2) is 4.39 Å². The van der Waals surface area contributed by atoms with Gasteiger partial charge in [-0.05, 0) is 42.3 Å². The smallest absolute Gasteiger partial charge is 0.258 e. The molecule has 0 heterocycles. The number of carbonyl (C=O) groups is 2. The van der Waals surface area contributed by atoms with E-state index in [1.54, 1.807) is 19.1 Å². The topological polar surface area (TPSA) is 83.6 Å². The number of aromatic hydroxyl groups is 1. The molecule has 2 amide bonds. The van der Waals surface area contributed by atoms with Crippen molar-refractivity contribution in [1.29, 1.82) is 0 Å². The lowest BCUT2D eigenvalue weighted by molar-refractivity contribution is -0.118. The van der Waals surface area contributed by atoms with Gasteiger partial charge in [0.05, 0.1) is 12.1 Å². The molecule has 0 unspecified atom stereocenters. The summed E-state index contributed by atoms with van der Waals surface area (Å²) in [5, 5.41) is 10.0. The van der Waals surface area contributed by atoms with Crippen molar-refractivity contribution in [2.24, 2.45) is 5.73 Å². The largest absolute Gasteiger partial charge is 0.507 e. The second kappa shape index (κ2) is 7.31. The van der Waals surface area contributed by atoms with Gasteiger partial charge in [0.15, 0.2) is 0 Å². The number of benzene rings is 2. The number of nitrogens with two attached hydrogens (primary N) is 1. The molecule has 5 nitrogen and oxygen atoms in total. The second-order valence-corrected chi connectivity index (χ2v) is 5.75. The van der Waals surface area contributed by atoms with Crippen molar-refractivity contribution >= 4 is 23.4 Å². The molecule has 7 heteroatoms. The number of primary amides is 1. The summed E-state index contributed by atoms with van der Waals surface area (Å²) >= 11 is 5.86. The van der Waals surface area contributed by atoms with Crippen molar-refractivity contribution < 1.29 is 19.1 Å². The van der Waals surface area contributed by atoms with E-state index in [2.05, 4.69) is 0 Å². The average molecular weight is 351 g/mol. The zero-order valence-electron chi connectivity index (χ0n) is 12.9. The number of carbonyl (C=O) groups excluding carboxylic acids is 2. The molecular formula is C17H16ClFN2O3. The van der Waals surface area contributed by atoms with Gasteiger partial charge in [0, 0.05) is 11.6 Å². The molecule has 0 saturated heterocycles. The molecule has 2 aromatic rings. The second-order valence-electron chi connectivity index (χ2n) is 5.32. The fraction of sp³-hybridized carbons (Fsp3) is 0.176. The SMILES string of the molecule is Cc1c(F)cc(Cl)cc1CN(CC(N)=O)C(=O)c1ccccc1O. The molecular weight excluding hydrogens is 335 g/mol. The molecule has 0 saturated carbocycles. The maximum Gasteiger partial charge on any atom is 0.258 e. The number of amides is 2. The summed E-state index contributed by atoms with van der Waals surface area (Å²) in [6.07, 6.45) is 0. The third-order valence-electron chi connectivity index (χ3n) is 3.55. The van der Waals surface area contributed by atoms with Gasteiger partial charge in [0.25, 0.3) is 5.91 Å². The third-order valence-corrected chi connectivity index (χ3v) is 3.76. The summed E-state index contributed by atoms with van der Waals surface area (Å²) in [6.45, 7) is 1.11. The molecule has 0 aliphatic rings. The summed E-state index contributed by atoms with van der Waals surface area (Å²) in [4.78, 5) is 25.1. The first kappa shape index (κ1) is 17.7. The maximum atomic E-state index is 13.8. The van der Waals surface area contributed by atoms with Crippen molar-refractivity contribution in [3.8, 4) is 5.75 Å². The lowest BCUT2D eigenvalue weighted by Crippen LogP contribution is -2.38. The van der Waals surface area contributed by atoms with E-state index in [0.717, 1.165) is 4.90 Å². The van der Waals surface area contributed by atoms with Crippen LogP contribution in [0.15, 0.2) is 36.4 Å². The van der Waals surface area contributed by atoms with E-state index in [-0.39, 0.29) is 29.4 Å². The third kappa shape index (κ3) is 4.02. The van der Waals surface area contributed by atoms with Crippen molar-refractivity contribution in [3.05, 3.63) is 63.9 Å². The summed E-state index contributed by atoms with van der Waals surface area (Å²) in [5.74, 6) is -2.04. The molecule has 0 aliphatic heterocycles. The van der Waals surface area contributed by atoms with Gasteiger partial charge in [0.1, 0.15) is 11.6 Å². The molecule has 0 atom stereocenters. The average Bonchev–Trinajstić information content (AvgIpc) is 2.50. The Morgan fingerprint density at radius 2 is 1.96 bits per heavy atom. The Morgan fingerprint density at radius 3 is 2.58 bits per heavy atom. The van der Waals surface area contributed by atoms with Crippen LogP contribution in [-0.2, 0) is 11.3 Å². The van der Waals surface area contributed by atoms with Gasteiger partial charge in [0.2, 0.25) is 5.91 Å². The lowest BCUT2D eigenvalue weighted by Gasteiger charge is -2.23. The molecule has 0 aromatic heterocycles. The highest BCUT2D eigenvalue weighted by Crippen LogP contribution is 2.23. The molecule has 3 N–H and O–H groups in total. The predicted octanol–water partition coefficient (Wildman–Crippen LogP) is 2.62. The van der Waals surface area contributed by atoms with E-state index < -0.39 is 17.6 Å². The number of phenols is 1. The number of rotatable bonds is 5. The Balaban J connectivity index is 2.38. The van der Waals surface area contributed by atoms with Gasteiger partial charge < -0.3 is 15.7 Å². The van der Waals surface area contributed by atoms with Gasteiger partial charge in [-0.15, -0.1) is 0 Å². The van der Waals surface area contributed by atoms with Crippen molar-refractivity contribution in [2.45, 2.75) is 13.5 Å². The summed E-state index contributed by atoms with van der Waals surface area (Å²) in [5.41, 5.74) is 6.00. The molecule has 2 rings (SSSR count). The molecule has 2 aromatic carbocycles. The molecule has 0 bridgehead atoms. The molecule has 126 valence electrons. The Kier molecular flexibility index (Phi) is 5.41. The molecule has 0 spiro atoms. The number of phenolic OH excluding ortho intramolecular Hbond substituents is 1. The van der Waals surface area contributed by atoms with Crippen LogP contribution in [0.2, 0.25) is 5.02 Å². The van der Waals surface area contributed by atoms with E-state index in [1.165, 1.54) is 24.3 Å². The Bertz CT molecular complexity index is 795. The van der Waals surface area contributed by atoms with Crippen LogP contribution in [0, 0.1) is 12.7 Å². The van der Waals surface area contributed by atoms with Crippen LogP contribution >= 0.6 is 11.6 Å². The highest BCUT2D eigenvalue weighted by Gasteiger charge is 2.22. The summed E-state index contributed by atoms with van der Waals surface area (Å²) in [7, 11) is 0. The van der Waals surface area contributed by atoms with Crippen LogP contribution in [0.1, 0.15) is 21.5 Å². The van der Waals surface area contributed by atoms with Crippen LogP contribution in [-0.4, -0.2) is 28.4 Å². The predicted molar refractivity (Wildman–Crippen MR) is 88.2 cm³/mol. The first-order valence-corrected chi connectivity index (χ1v) is 7.47. The highest BCUT2D eigenvalue weighted by molar-refractivity contribution is 6.30. The van der Waals surface area contributed by atoms with E-state index in [4.69, 9.17) is 17.3 Å². The van der Waals surface area contributed by atoms with E-state index in [0.29, 0.717) is 11.1 Å². The van der Waals surface area contributed by atoms with Crippen LogP contribution in [0.3, 0.4) is 0 Å². The number of halogens is 2. The Morgan fingerprint density at radius 1 is 1.29 bits per heavy atom. The van der Waals surface area contributed by atoms with Crippen molar-refractivity contribution in [3.63, 3.8) is 0 Å². The summed E-state index contributed by atoms with van der Waals surface area (Å²) in [6, 6.07) is 8.63. The zero-order chi connectivity index (χ0) is 17.9. The van der Waals surface area contributed by atoms with Gasteiger partial charge >= 0.3 is 0 Å². The molecule has 24 heavy (non-hydrogen) atoms. The van der Waals surface area contributed by atoms with E-state index in [9.17, 15) is 19.1 Å². The van der Waals surface area contributed by atoms with Crippen molar-refractivity contribution in [1.82, 2.24) is 4.90 Å². The van der Waals surface area contributed by atoms with Crippen LogP contribution in [0.25, 0.3) is 0 Å². The molecule has 0 aliphatic carbocycles. The minimum Gasteiger partial charge on any atom is -0.507 e. The lowest BCUT2D eigenvalue weighted by atomic mass is 10.1. The standard InChI is InChI=1S/C17H16ClFN2O3/c1-10-11(6-12(18)7-14(10)19)8-21(9-16(20)23)17(24)13-4-2-3-5-15(13)22/h2-7,22H,8-9H2,1H3,(H2,20,23). The fourth-order valence-corrected chi connectivity index (χ4v) is 2.51. The number of para-hydroxylation sites is 1. The normalized spacial score (nSPS) is 10.5. The van der Waals surface area contributed by atoms with Crippen LogP contribution in [0.5, 0.6) is 5.75 Å². The summed E-state index contributed by atoms with van der Waals surface area (Å²) < 4.78 is 13.8. The first-order chi connectivity index (χ1) is 11.3. The minimum absolute atomic E-state index is 0.0268. The number of hydrogen-bond acceptors (Lipinski definition) is 3. The molecule has 0 radical (unpaired) electrons. The number of hydrogen-bond donors (Lipinski definition) is 2. The Labute approximate surface area is 143 Å². The Hall–Kier alpha value is -2.60. The van der Waals surface area contributed by atoms with Gasteiger partial charge in [-0.1, -0.05) is 23.7 Å². The zero-order valence-corrected chi connectivity index (χ0v) is 13.7. The van der Waals surface area contributed by atoms with Crippen LogP contribution in [0.4, 0.5) is 4.39 Å². The van der Waals surface area contributed by atoms with E-state index in [1.807, 2.05) is 0 Å². The van der Waals surface area contributed by atoms with Gasteiger partial charge in [-0.2, -0.15) is 0 Å². The van der Waals surface area contributed by atoms with Gasteiger partial charge in [-0.3, -0.25) is 9.59 Å². The number of nitrogens with zero attached hydrogens (tertiary/aromatic N) is 1. The van der Waals surface area contributed by atoms with Crippen molar-refractivity contribution in [2.75, 3.05) is 6.54 Å². The van der Waals surface area contributed by atoms with Crippen LogP contribution < -0.4 is 5.73 Å². The minimum atomic E-state index is -0.723. The molecule has 0 fully saturated rings. The highest BCUT2D eigenvalue weighted by atomic mass is 35.5. The van der Waals surface area contributed by atoms with E-state index >= 15 is 0 Å². The quantitative estimate of drug-likeness (QED) is 0.869. The maximum absolute atomic E-state index is 13.8.